The second-order valence-corrected chi connectivity index (χ2v) is 6.19. The Balaban J connectivity index is 1.68. The Morgan fingerprint density at radius 2 is 1.07 bits per heavy atom. The third-order valence-electron chi connectivity index (χ3n) is 3.67. The van der Waals surface area contributed by atoms with Crippen LogP contribution in [0.3, 0.4) is 0 Å². The molecule has 1 aromatic rings. The molecule has 0 amide bonds. The molecule has 0 saturated carbocycles. The molecule has 0 radical (unpaired) electrons. The Morgan fingerprint density at radius 1 is 0.633 bits per heavy atom. The lowest BCUT2D eigenvalue weighted by atomic mass is 10.3. The van der Waals surface area contributed by atoms with Gasteiger partial charge in [0.1, 0.15) is 19.0 Å². The van der Waals surface area contributed by atoms with Crippen molar-refractivity contribution in [3.05, 3.63) is 30.3 Å². The zero-order chi connectivity index (χ0) is 21.5. The van der Waals surface area contributed by atoms with E-state index in [4.69, 9.17) is 33.2 Å². The number of ether oxygens (including phenoxy) is 7. The highest BCUT2D eigenvalue weighted by Gasteiger charge is 1.99. The first-order chi connectivity index (χ1) is 14.8. The lowest BCUT2D eigenvalue weighted by molar-refractivity contribution is -0.145. The van der Waals surface area contributed by atoms with Gasteiger partial charge in [0.25, 0.3) is 0 Å². The van der Waals surface area contributed by atoms with Crippen molar-refractivity contribution in [2.75, 3.05) is 79.3 Å². The van der Waals surface area contributed by atoms with Gasteiger partial charge in [-0.15, -0.1) is 0 Å². The fourth-order valence-electron chi connectivity index (χ4n) is 2.21. The maximum absolute atomic E-state index is 11.1. The predicted molar refractivity (Wildman–Crippen MR) is 112 cm³/mol. The van der Waals surface area contributed by atoms with Crippen molar-refractivity contribution in [2.24, 2.45) is 0 Å². The van der Waals surface area contributed by atoms with Gasteiger partial charge in [-0.2, -0.15) is 0 Å². The molecule has 0 N–H and O–H groups in total. The summed E-state index contributed by atoms with van der Waals surface area (Å²) < 4.78 is 37.5. The summed E-state index contributed by atoms with van der Waals surface area (Å²) in [5, 5.41) is 0. The molecule has 0 unspecified atom stereocenters. The summed E-state index contributed by atoms with van der Waals surface area (Å²) in [6, 6.07) is 9.65. The zero-order valence-corrected chi connectivity index (χ0v) is 18.1. The van der Waals surface area contributed by atoms with Crippen molar-refractivity contribution in [2.45, 2.75) is 19.8 Å². The Labute approximate surface area is 179 Å². The molecule has 30 heavy (non-hydrogen) atoms. The van der Waals surface area contributed by atoms with Crippen LogP contribution in [0, 0.1) is 0 Å². The van der Waals surface area contributed by atoms with E-state index in [9.17, 15) is 4.79 Å². The number of para-hydroxylation sites is 1. The van der Waals surface area contributed by atoms with E-state index in [1.807, 2.05) is 37.3 Å². The summed E-state index contributed by atoms with van der Waals surface area (Å²) in [5.74, 6) is 0.663. The molecule has 0 heterocycles. The standard InChI is InChI=1S/C22H36O8/c1-2-6-22(23)30-20-18-28-16-14-26-12-10-24-9-11-25-13-15-27-17-19-29-21-7-4-3-5-8-21/h3-5,7-8H,2,6,9-20H2,1H3. The van der Waals surface area contributed by atoms with Crippen LogP contribution in [0.2, 0.25) is 0 Å². The van der Waals surface area contributed by atoms with Gasteiger partial charge in [0.15, 0.2) is 0 Å². The topological polar surface area (TPSA) is 81.7 Å². The summed E-state index contributed by atoms with van der Waals surface area (Å²) in [6.07, 6.45) is 1.24. The molecule has 0 fully saturated rings. The molecule has 8 nitrogen and oxygen atoms in total. The quantitative estimate of drug-likeness (QED) is 0.218. The molecule has 0 aliphatic heterocycles. The van der Waals surface area contributed by atoms with Gasteiger partial charge in [0.2, 0.25) is 0 Å². The summed E-state index contributed by atoms with van der Waals surface area (Å²) in [6.45, 7) is 7.69. The number of carbonyl (C=O) groups is 1. The van der Waals surface area contributed by atoms with Gasteiger partial charge in [-0.1, -0.05) is 25.1 Å². The normalized spacial score (nSPS) is 10.8. The molecular weight excluding hydrogens is 392 g/mol. The third-order valence-corrected chi connectivity index (χ3v) is 3.67. The van der Waals surface area contributed by atoms with E-state index >= 15 is 0 Å². The lowest BCUT2D eigenvalue weighted by Gasteiger charge is -2.09. The van der Waals surface area contributed by atoms with Crippen molar-refractivity contribution in [3.8, 4) is 5.75 Å². The highest BCUT2D eigenvalue weighted by Crippen LogP contribution is 2.07. The SMILES string of the molecule is CCCC(=O)OCCOCCOCCOCCOCCOCCOc1ccccc1. The second-order valence-electron chi connectivity index (χ2n) is 6.19. The largest absolute Gasteiger partial charge is 0.491 e. The molecule has 1 aromatic carbocycles. The van der Waals surface area contributed by atoms with Gasteiger partial charge in [0, 0.05) is 6.42 Å². The Hall–Kier alpha value is -1.71. The first-order valence-electron chi connectivity index (χ1n) is 10.5. The fraction of sp³-hybridized carbons (Fsp3) is 0.682. The minimum atomic E-state index is -0.181. The molecule has 0 atom stereocenters. The van der Waals surface area contributed by atoms with Crippen molar-refractivity contribution in [1.29, 1.82) is 0 Å². The minimum absolute atomic E-state index is 0.181. The highest BCUT2D eigenvalue weighted by atomic mass is 16.6. The van der Waals surface area contributed by atoms with Gasteiger partial charge in [0.05, 0.1) is 66.1 Å². The number of hydrogen-bond donors (Lipinski definition) is 0. The third kappa shape index (κ3) is 17.2. The van der Waals surface area contributed by atoms with Crippen LogP contribution in [0.4, 0.5) is 0 Å². The van der Waals surface area contributed by atoms with Crippen LogP contribution in [0.5, 0.6) is 5.75 Å². The molecule has 0 aliphatic carbocycles. The summed E-state index contributed by atoms with van der Waals surface area (Å²) in [7, 11) is 0. The van der Waals surface area contributed by atoms with E-state index in [1.165, 1.54) is 0 Å². The van der Waals surface area contributed by atoms with Gasteiger partial charge < -0.3 is 33.2 Å². The molecule has 0 spiro atoms. The predicted octanol–water partition coefficient (Wildman–Crippen LogP) is 2.49. The molecule has 1 rings (SSSR count). The van der Waals surface area contributed by atoms with E-state index in [2.05, 4.69) is 0 Å². The molecule has 0 saturated heterocycles. The van der Waals surface area contributed by atoms with E-state index in [0.29, 0.717) is 79.1 Å². The molecule has 0 aliphatic rings. The number of esters is 1. The van der Waals surface area contributed by atoms with E-state index in [0.717, 1.165) is 12.2 Å². The maximum Gasteiger partial charge on any atom is 0.305 e. The molecular formula is C22H36O8. The molecule has 172 valence electrons. The van der Waals surface area contributed by atoms with E-state index in [-0.39, 0.29) is 12.6 Å². The second kappa shape index (κ2) is 20.6. The first-order valence-corrected chi connectivity index (χ1v) is 10.5. The van der Waals surface area contributed by atoms with Crippen molar-refractivity contribution in [3.63, 3.8) is 0 Å². The average molecular weight is 429 g/mol. The number of benzene rings is 1. The molecule has 0 aromatic heterocycles. The summed E-state index contributed by atoms with van der Waals surface area (Å²) >= 11 is 0. The number of hydrogen-bond acceptors (Lipinski definition) is 8. The summed E-state index contributed by atoms with van der Waals surface area (Å²) in [5.41, 5.74) is 0. The first kappa shape index (κ1) is 26.3. The van der Waals surface area contributed by atoms with Gasteiger partial charge in [-0.3, -0.25) is 4.79 Å². The van der Waals surface area contributed by atoms with Crippen LogP contribution in [0.25, 0.3) is 0 Å². The van der Waals surface area contributed by atoms with Crippen LogP contribution in [-0.2, 0) is 33.2 Å². The van der Waals surface area contributed by atoms with Crippen LogP contribution in [0.15, 0.2) is 30.3 Å². The van der Waals surface area contributed by atoms with Crippen LogP contribution < -0.4 is 4.74 Å². The van der Waals surface area contributed by atoms with Crippen LogP contribution >= 0.6 is 0 Å². The van der Waals surface area contributed by atoms with E-state index in [1.54, 1.807) is 0 Å². The van der Waals surface area contributed by atoms with Crippen molar-refractivity contribution in [1.82, 2.24) is 0 Å². The summed E-state index contributed by atoms with van der Waals surface area (Å²) in [4.78, 5) is 11.1. The Morgan fingerprint density at radius 3 is 1.53 bits per heavy atom. The van der Waals surface area contributed by atoms with Gasteiger partial charge in [-0.05, 0) is 18.6 Å². The van der Waals surface area contributed by atoms with Crippen molar-refractivity contribution < 1.29 is 38.0 Å². The van der Waals surface area contributed by atoms with Crippen molar-refractivity contribution >= 4 is 5.97 Å². The number of carbonyl (C=O) groups excluding carboxylic acids is 1. The zero-order valence-electron chi connectivity index (χ0n) is 18.1. The molecule has 0 bridgehead atoms. The van der Waals surface area contributed by atoms with Crippen LogP contribution in [-0.4, -0.2) is 85.3 Å². The van der Waals surface area contributed by atoms with Crippen LogP contribution in [0.1, 0.15) is 19.8 Å². The lowest BCUT2D eigenvalue weighted by Crippen LogP contribution is -2.15. The van der Waals surface area contributed by atoms with Gasteiger partial charge >= 0.3 is 5.97 Å². The Kier molecular flexibility index (Phi) is 18.0. The van der Waals surface area contributed by atoms with Gasteiger partial charge in [-0.25, -0.2) is 0 Å². The fourth-order valence-corrected chi connectivity index (χ4v) is 2.21. The van der Waals surface area contributed by atoms with E-state index < -0.39 is 0 Å². The minimum Gasteiger partial charge on any atom is -0.491 e. The maximum atomic E-state index is 11.1. The smallest absolute Gasteiger partial charge is 0.305 e. The Bertz CT molecular complexity index is 497. The monoisotopic (exact) mass is 428 g/mol. The molecule has 8 heteroatoms. The number of rotatable bonds is 21. The highest BCUT2D eigenvalue weighted by molar-refractivity contribution is 5.69. The average Bonchev–Trinajstić information content (AvgIpc) is 2.76.